The molecule has 1 aromatic carbocycles. The summed E-state index contributed by atoms with van der Waals surface area (Å²) >= 11 is 0. The molecule has 0 heterocycles. The molecule has 0 amide bonds. The molecule has 21 heavy (non-hydrogen) atoms. The number of esters is 1. The second kappa shape index (κ2) is 9.23. The Balaban J connectivity index is 2.67. The first-order chi connectivity index (χ1) is 10.1. The molecule has 5 nitrogen and oxygen atoms in total. The number of carbonyl (C=O) groups is 1. The van der Waals surface area contributed by atoms with Crippen molar-refractivity contribution in [2.75, 3.05) is 20.3 Å². The van der Waals surface area contributed by atoms with Crippen LogP contribution in [0.15, 0.2) is 18.2 Å². The van der Waals surface area contributed by atoms with Gasteiger partial charge in [-0.15, -0.1) is 0 Å². The molecule has 1 aromatic rings. The maximum atomic E-state index is 11.1. The van der Waals surface area contributed by atoms with Crippen LogP contribution in [0.3, 0.4) is 0 Å². The zero-order valence-corrected chi connectivity index (χ0v) is 13.3. The summed E-state index contributed by atoms with van der Waals surface area (Å²) in [5, 5.41) is 3.36. The Morgan fingerprint density at radius 1 is 1.24 bits per heavy atom. The van der Waals surface area contributed by atoms with Gasteiger partial charge in [-0.05, 0) is 24.6 Å². The zero-order valence-electron chi connectivity index (χ0n) is 13.3. The summed E-state index contributed by atoms with van der Waals surface area (Å²) in [6.45, 7) is 7.75. The molecular formula is C16H25NO4. The molecule has 0 aromatic heterocycles. The lowest BCUT2D eigenvalue weighted by molar-refractivity contribution is -0.141. The van der Waals surface area contributed by atoms with E-state index in [2.05, 4.69) is 23.9 Å². The molecule has 0 aliphatic carbocycles. The molecule has 0 bridgehead atoms. The summed E-state index contributed by atoms with van der Waals surface area (Å²) < 4.78 is 15.8. The van der Waals surface area contributed by atoms with E-state index in [9.17, 15) is 4.79 Å². The van der Waals surface area contributed by atoms with E-state index in [1.165, 1.54) is 7.11 Å². The van der Waals surface area contributed by atoms with Crippen LogP contribution in [0, 0.1) is 0 Å². The van der Waals surface area contributed by atoms with Gasteiger partial charge in [0.05, 0.1) is 26.7 Å². The third kappa shape index (κ3) is 6.49. The minimum Gasteiger partial charge on any atom is -0.490 e. The molecule has 118 valence electrons. The topological polar surface area (TPSA) is 56.8 Å². The fourth-order valence-corrected chi connectivity index (χ4v) is 1.72. The fourth-order valence-electron chi connectivity index (χ4n) is 1.72. The second-order valence-corrected chi connectivity index (χ2v) is 4.92. The number of carbonyl (C=O) groups excluding carboxylic acids is 1. The highest BCUT2D eigenvalue weighted by atomic mass is 16.5. The summed E-state index contributed by atoms with van der Waals surface area (Å²) in [6, 6.07) is 6.26. The first kappa shape index (κ1) is 17.3. The minimum atomic E-state index is -0.286. The number of rotatable bonds is 9. The number of methoxy groups -OCH3 is 1. The summed E-state index contributed by atoms with van der Waals surface area (Å²) in [4.78, 5) is 11.1. The summed E-state index contributed by atoms with van der Waals surface area (Å²) in [7, 11) is 1.37. The van der Waals surface area contributed by atoms with Crippen LogP contribution in [-0.2, 0) is 16.1 Å². The molecule has 0 fully saturated rings. The Bertz CT molecular complexity index is 446. The Kier molecular flexibility index (Phi) is 7.61. The van der Waals surface area contributed by atoms with E-state index >= 15 is 0 Å². The van der Waals surface area contributed by atoms with Crippen LogP contribution < -0.4 is 14.8 Å². The molecule has 0 aliphatic rings. The van der Waals surface area contributed by atoms with Crippen molar-refractivity contribution in [1.29, 1.82) is 0 Å². The van der Waals surface area contributed by atoms with Crippen LogP contribution in [0.1, 0.15) is 32.8 Å². The van der Waals surface area contributed by atoms with Gasteiger partial charge in [0.15, 0.2) is 11.5 Å². The van der Waals surface area contributed by atoms with Crippen LogP contribution in [0.5, 0.6) is 11.5 Å². The van der Waals surface area contributed by atoms with Crippen LogP contribution in [0.4, 0.5) is 0 Å². The van der Waals surface area contributed by atoms with Crippen molar-refractivity contribution >= 4 is 5.97 Å². The highest BCUT2D eigenvalue weighted by Crippen LogP contribution is 2.28. The highest BCUT2D eigenvalue weighted by Gasteiger charge is 2.08. The molecule has 1 rings (SSSR count). The van der Waals surface area contributed by atoms with E-state index in [1.54, 1.807) is 0 Å². The largest absolute Gasteiger partial charge is 0.490 e. The maximum Gasteiger partial charge on any atom is 0.308 e. The van der Waals surface area contributed by atoms with Crippen molar-refractivity contribution in [3.8, 4) is 11.5 Å². The molecular weight excluding hydrogens is 270 g/mol. The summed E-state index contributed by atoms with van der Waals surface area (Å²) in [6.07, 6.45) is 0.221. The third-order valence-corrected chi connectivity index (χ3v) is 2.81. The molecule has 0 saturated carbocycles. The number of nitrogens with one attached hydrogen (secondary N) is 1. The van der Waals surface area contributed by atoms with Gasteiger partial charge in [-0.2, -0.15) is 0 Å². The number of hydrogen-bond acceptors (Lipinski definition) is 5. The predicted molar refractivity (Wildman–Crippen MR) is 81.7 cm³/mol. The Morgan fingerprint density at radius 3 is 2.62 bits per heavy atom. The number of hydrogen-bond donors (Lipinski definition) is 1. The van der Waals surface area contributed by atoms with E-state index in [1.807, 2.05) is 25.1 Å². The first-order valence-electron chi connectivity index (χ1n) is 7.25. The molecule has 0 aliphatic heterocycles. The standard InChI is InChI=1S/C16H25NO4/c1-5-20-15-10-13(11-17-12(2)3)6-7-14(15)21-9-8-16(18)19-4/h6-7,10,12,17H,5,8-9,11H2,1-4H3. The SMILES string of the molecule is CCOc1cc(CNC(C)C)ccc1OCCC(=O)OC. The van der Waals surface area contributed by atoms with Gasteiger partial charge in [-0.1, -0.05) is 19.9 Å². The lowest BCUT2D eigenvalue weighted by Gasteiger charge is -2.14. The van der Waals surface area contributed by atoms with E-state index in [0.717, 1.165) is 12.1 Å². The molecule has 5 heteroatoms. The normalized spacial score (nSPS) is 10.5. The van der Waals surface area contributed by atoms with Gasteiger partial charge in [0.2, 0.25) is 0 Å². The Morgan fingerprint density at radius 2 is 2.00 bits per heavy atom. The molecule has 0 unspecified atom stereocenters. The second-order valence-electron chi connectivity index (χ2n) is 4.92. The third-order valence-electron chi connectivity index (χ3n) is 2.81. The van der Waals surface area contributed by atoms with Gasteiger partial charge in [-0.3, -0.25) is 4.79 Å². The quantitative estimate of drug-likeness (QED) is 0.709. The van der Waals surface area contributed by atoms with Crippen LogP contribution in [-0.4, -0.2) is 32.3 Å². The molecule has 0 saturated heterocycles. The van der Waals surface area contributed by atoms with E-state index in [-0.39, 0.29) is 19.0 Å². The number of benzene rings is 1. The van der Waals surface area contributed by atoms with Gasteiger partial charge < -0.3 is 19.5 Å². The lowest BCUT2D eigenvalue weighted by Crippen LogP contribution is -2.21. The van der Waals surface area contributed by atoms with Crippen molar-refractivity contribution < 1.29 is 19.0 Å². The van der Waals surface area contributed by atoms with Crippen LogP contribution in [0.2, 0.25) is 0 Å². The molecule has 0 spiro atoms. The average molecular weight is 295 g/mol. The summed E-state index contributed by atoms with van der Waals surface area (Å²) in [5.41, 5.74) is 1.13. The highest BCUT2D eigenvalue weighted by molar-refractivity contribution is 5.69. The monoisotopic (exact) mass is 295 g/mol. The lowest BCUT2D eigenvalue weighted by atomic mass is 10.2. The van der Waals surface area contributed by atoms with Gasteiger partial charge in [0.1, 0.15) is 0 Å². The van der Waals surface area contributed by atoms with E-state index in [4.69, 9.17) is 9.47 Å². The predicted octanol–water partition coefficient (Wildman–Crippen LogP) is 2.53. The molecule has 0 atom stereocenters. The van der Waals surface area contributed by atoms with Crippen molar-refractivity contribution in [3.63, 3.8) is 0 Å². The maximum absolute atomic E-state index is 11.1. The fraction of sp³-hybridized carbons (Fsp3) is 0.562. The van der Waals surface area contributed by atoms with E-state index in [0.29, 0.717) is 24.1 Å². The van der Waals surface area contributed by atoms with Crippen molar-refractivity contribution in [2.45, 2.75) is 39.8 Å². The van der Waals surface area contributed by atoms with Crippen LogP contribution >= 0.6 is 0 Å². The molecule has 1 N–H and O–H groups in total. The Hall–Kier alpha value is -1.75. The van der Waals surface area contributed by atoms with Gasteiger partial charge in [-0.25, -0.2) is 0 Å². The minimum absolute atomic E-state index is 0.221. The van der Waals surface area contributed by atoms with Crippen molar-refractivity contribution in [2.24, 2.45) is 0 Å². The molecule has 0 radical (unpaired) electrons. The summed E-state index contributed by atoms with van der Waals surface area (Å²) in [5.74, 6) is 1.06. The van der Waals surface area contributed by atoms with Crippen LogP contribution in [0.25, 0.3) is 0 Å². The van der Waals surface area contributed by atoms with Gasteiger partial charge >= 0.3 is 5.97 Å². The average Bonchev–Trinajstić information content (AvgIpc) is 2.47. The van der Waals surface area contributed by atoms with Gasteiger partial charge in [0.25, 0.3) is 0 Å². The zero-order chi connectivity index (χ0) is 15.7. The van der Waals surface area contributed by atoms with E-state index < -0.39 is 0 Å². The van der Waals surface area contributed by atoms with Crippen molar-refractivity contribution in [1.82, 2.24) is 5.32 Å². The Labute approximate surface area is 126 Å². The van der Waals surface area contributed by atoms with Gasteiger partial charge in [0, 0.05) is 12.6 Å². The smallest absolute Gasteiger partial charge is 0.308 e. The first-order valence-corrected chi connectivity index (χ1v) is 7.25. The van der Waals surface area contributed by atoms with Crippen molar-refractivity contribution in [3.05, 3.63) is 23.8 Å². The number of ether oxygens (including phenoxy) is 3.